The Labute approximate surface area is 187 Å². The number of carbonyl (C=O) groups is 1. The van der Waals surface area contributed by atoms with Crippen molar-refractivity contribution in [1.29, 1.82) is 0 Å². The van der Waals surface area contributed by atoms with E-state index in [2.05, 4.69) is 15.3 Å². The van der Waals surface area contributed by atoms with Crippen LogP contribution in [0.3, 0.4) is 0 Å². The number of fused-ring (bicyclic) bond motifs is 2. The Morgan fingerprint density at radius 1 is 1.12 bits per heavy atom. The van der Waals surface area contributed by atoms with Gasteiger partial charge in [0.1, 0.15) is 16.9 Å². The number of nitrogens with two attached hydrogens (primary N) is 1. The first-order valence-corrected chi connectivity index (χ1v) is 10.4. The lowest BCUT2D eigenvalue weighted by Gasteiger charge is -2.12. The van der Waals surface area contributed by atoms with Crippen LogP contribution in [-0.2, 0) is 10.9 Å². The van der Waals surface area contributed by atoms with Gasteiger partial charge in [-0.05, 0) is 43.7 Å². The summed E-state index contributed by atoms with van der Waals surface area (Å²) < 4.78 is 46.6. The number of carbonyl (C=O) groups excluding carboxylic acids is 1. The number of para-hydroxylation sites is 2. The summed E-state index contributed by atoms with van der Waals surface area (Å²) in [7, 11) is 0. The number of benzene rings is 2. The van der Waals surface area contributed by atoms with Gasteiger partial charge in [-0.15, -0.1) is 0 Å². The quantitative estimate of drug-likeness (QED) is 0.403. The molecule has 33 heavy (non-hydrogen) atoms. The SMILES string of the molecule is CCOCCCNC(=O)c1c(N)n(-c2cccc(C(F)(F)F)c2)c2nc3ccccc3nc12. The van der Waals surface area contributed by atoms with Gasteiger partial charge in [0.15, 0.2) is 5.65 Å². The Balaban J connectivity index is 1.86. The monoisotopic (exact) mass is 457 g/mol. The lowest BCUT2D eigenvalue weighted by Crippen LogP contribution is -2.26. The second-order valence-corrected chi connectivity index (χ2v) is 7.33. The normalized spacial score (nSPS) is 11.9. The van der Waals surface area contributed by atoms with Crippen molar-refractivity contribution in [1.82, 2.24) is 19.9 Å². The zero-order valence-corrected chi connectivity index (χ0v) is 17.8. The summed E-state index contributed by atoms with van der Waals surface area (Å²) in [6.45, 7) is 3.29. The van der Waals surface area contributed by atoms with Gasteiger partial charge >= 0.3 is 6.18 Å². The van der Waals surface area contributed by atoms with Crippen LogP contribution in [0.25, 0.3) is 27.9 Å². The van der Waals surface area contributed by atoms with Gasteiger partial charge in [-0.3, -0.25) is 9.36 Å². The van der Waals surface area contributed by atoms with E-state index in [4.69, 9.17) is 10.5 Å². The minimum absolute atomic E-state index is 0.0399. The fraction of sp³-hybridized carbons (Fsp3) is 0.261. The number of nitrogens with zero attached hydrogens (tertiary/aromatic N) is 3. The summed E-state index contributed by atoms with van der Waals surface area (Å²) in [4.78, 5) is 22.2. The average molecular weight is 457 g/mol. The number of hydrogen-bond acceptors (Lipinski definition) is 5. The van der Waals surface area contributed by atoms with Crippen molar-refractivity contribution >= 4 is 33.9 Å². The molecule has 2 aromatic carbocycles. The highest BCUT2D eigenvalue weighted by Crippen LogP contribution is 2.34. The molecule has 0 atom stereocenters. The minimum atomic E-state index is -4.53. The third kappa shape index (κ3) is 4.47. The van der Waals surface area contributed by atoms with Gasteiger partial charge in [-0.25, -0.2) is 9.97 Å². The molecule has 0 unspecified atom stereocenters. The Morgan fingerprint density at radius 3 is 2.55 bits per heavy atom. The zero-order chi connectivity index (χ0) is 23.6. The molecule has 2 heterocycles. The number of hydrogen-bond donors (Lipinski definition) is 2. The number of ether oxygens (including phenoxy) is 1. The van der Waals surface area contributed by atoms with Gasteiger partial charge in [-0.2, -0.15) is 13.2 Å². The highest BCUT2D eigenvalue weighted by Gasteiger charge is 2.31. The topological polar surface area (TPSA) is 95.1 Å². The van der Waals surface area contributed by atoms with Crippen LogP contribution in [-0.4, -0.2) is 40.2 Å². The van der Waals surface area contributed by atoms with Crippen LogP contribution >= 0.6 is 0 Å². The van der Waals surface area contributed by atoms with Crippen molar-refractivity contribution in [3.05, 3.63) is 59.7 Å². The van der Waals surface area contributed by atoms with Crippen molar-refractivity contribution in [2.24, 2.45) is 0 Å². The largest absolute Gasteiger partial charge is 0.416 e. The second-order valence-electron chi connectivity index (χ2n) is 7.33. The van der Waals surface area contributed by atoms with E-state index >= 15 is 0 Å². The number of alkyl halides is 3. The molecule has 172 valence electrons. The van der Waals surface area contributed by atoms with Gasteiger partial charge < -0.3 is 15.8 Å². The first-order valence-electron chi connectivity index (χ1n) is 10.4. The standard InChI is InChI=1S/C23H22F3N5O2/c1-2-33-12-6-11-28-22(32)18-19-21(30-17-10-4-3-9-16(17)29-19)31(20(18)27)15-8-5-7-14(13-15)23(24,25)26/h3-5,7-10,13H,2,6,11-12,27H2,1H3,(H,28,32). The van der Waals surface area contributed by atoms with E-state index in [1.807, 2.05) is 6.92 Å². The number of nitrogen functional groups attached to an aromatic ring is 1. The number of halogens is 3. The summed E-state index contributed by atoms with van der Waals surface area (Å²) in [5, 5.41) is 2.78. The first kappa shape index (κ1) is 22.5. The lowest BCUT2D eigenvalue weighted by molar-refractivity contribution is -0.137. The van der Waals surface area contributed by atoms with E-state index in [1.165, 1.54) is 16.7 Å². The molecule has 3 N–H and O–H groups in total. The van der Waals surface area contributed by atoms with Crippen molar-refractivity contribution in [2.75, 3.05) is 25.5 Å². The molecular weight excluding hydrogens is 435 g/mol. The minimum Gasteiger partial charge on any atom is -0.384 e. The van der Waals surface area contributed by atoms with Crippen LogP contribution in [0.2, 0.25) is 0 Å². The number of rotatable bonds is 7. The maximum atomic E-state index is 13.3. The Morgan fingerprint density at radius 2 is 1.85 bits per heavy atom. The van der Waals surface area contributed by atoms with Crippen LogP contribution in [0, 0.1) is 0 Å². The summed E-state index contributed by atoms with van der Waals surface area (Å²) in [6, 6.07) is 11.7. The van der Waals surface area contributed by atoms with E-state index < -0.39 is 17.6 Å². The number of nitrogens with one attached hydrogen (secondary N) is 1. The molecule has 4 aromatic rings. The molecule has 10 heteroatoms. The predicted octanol–water partition coefficient (Wildman–Crippen LogP) is 4.33. The molecular formula is C23H22F3N5O2. The fourth-order valence-electron chi connectivity index (χ4n) is 3.58. The van der Waals surface area contributed by atoms with Crippen LogP contribution in [0.1, 0.15) is 29.3 Å². The highest BCUT2D eigenvalue weighted by atomic mass is 19.4. The third-order valence-electron chi connectivity index (χ3n) is 5.11. The maximum absolute atomic E-state index is 13.3. The van der Waals surface area contributed by atoms with E-state index in [-0.39, 0.29) is 28.2 Å². The lowest BCUT2D eigenvalue weighted by atomic mass is 10.2. The van der Waals surface area contributed by atoms with E-state index in [0.717, 1.165) is 12.1 Å². The molecule has 0 aliphatic rings. The Kier molecular flexibility index (Phi) is 6.19. The van der Waals surface area contributed by atoms with Crippen molar-refractivity contribution in [3.8, 4) is 5.69 Å². The van der Waals surface area contributed by atoms with E-state index in [0.29, 0.717) is 37.2 Å². The van der Waals surface area contributed by atoms with Crippen LogP contribution in [0.4, 0.5) is 19.0 Å². The van der Waals surface area contributed by atoms with E-state index in [1.54, 1.807) is 24.3 Å². The molecule has 0 bridgehead atoms. The maximum Gasteiger partial charge on any atom is 0.416 e. The van der Waals surface area contributed by atoms with Crippen LogP contribution in [0.5, 0.6) is 0 Å². The molecule has 0 saturated heterocycles. The number of aromatic nitrogens is 3. The fourth-order valence-corrected chi connectivity index (χ4v) is 3.58. The summed E-state index contributed by atoms with van der Waals surface area (Å²) in [6.07, 6.45) is -3.94. The molecule has 0 aliphatic heterocycles. The molecule has 0 radical (unpaired) electrons. The molecule has 0 spiro atoms. The van der Waals surface area contributed by atoms with Crippen LogP contribution < -0.4 is 11.1 Å². The molecule has 4 rings (SSSR count). The highest BCUT2D eigenvalue weighted by molar-refractivity contribution is 6.11. The smallest absolute Gasteiger partial charge is 0.384 e. The Bertz CT molecular complexity index is 1320. The van der Waals surface area contributed by atoms with E-state index in [9.17, 15) is 18.0 Å². The molecule has 2 aromatic heterocycles. The summed E-state index contributed by atoms with van der Waals surface area (Å²) >= 11 is 0. The first-order chi connectivity index (χ1) is 15.8. The van der Waals surface area contributed by atoms with Crippen molar-refractivity contribution in [2.45, 2.75) is 19.5 Å². The van der Waals surface area contributed by atoms with Crippen molar-refractivity contribution in [3.63, 3.8) is 0 Å². The number of amides is 1. The predicted molar refractivity (Wildman–Crippen MR) is 119 cm³/mol. The van der Waals surface area contributed by atoms with Crippen LogP contribution in [0.15, 0.2) is 48.5 Å². The molecule has 7 nitrogen and oxygen atoms in total. The molecule has 0 fully saturated rings. The third-order valence-corrected chi connectivity index (χ3v) is 5.11. The summed E-state index contributed by atoms with van der Waals surface area (Å²) in [5.74, 6) is -0.522. The molecule has 0 saturated carbocycles. The van der Waals surface area contributed by atoms with Gasteiger partial charge in [0.05, 0.1) is 16.6 Å². The van der Waals surface area contributed by atoms with Gasteiger partial charge in [0.2, 0.25) is 0 Å². The van der Waals surface area contributed by atoms with Crippen molar-refractivity contribution < 1.29 is 22.7 Å². The van der Waals surface area contributed by atoms with Gasteiger partial charge in [0.25, 0.3) is 5.91 Å². The zero-order valence-electron chi connectivity index (χ0n) is 17.8. The second kappa shape index (κ2) is 9.07. The number of anilines is 1. The molecule has 0 aliphatic carbocycles. The van der Waals surface area contributed by atoms with Gasteiger partial charge in [0, 0.05) is 25.4 Å². The summed E-state index contributed by atoms with van der Waals surface area (Å²) in [5.41, 5.74) is 7.18. The average Bonchev–Trinajstić information content (AvgIpc) is 3.07. The van der Waals surface area contributed by atoms with Gasteiger partial charge in [-0.1, -0.05) is 18.2 Å². The Hall–Kier alpha value is -3.66. The molecule has 1 amide bonds.